The highest BCUT2D eigenvalue weighted by molar-refractivity contribution is 5.82. The molecule has 0 fully saturated rings. The van der Waals surface area contributed by atoms with Gasteiger partial charge in [-0.1, -0.05) is 0 Å². The van der Waals surface area contributed by atoms with Crippen molar-refractivity contribution in [3.63, 3.8) is 0 Å². The molecule has 2 N–H and O–H groups in total. The maximum atomic E-state index is 9.34. The molecule has 15 heavy (non-hydrogen) atoms. The van der Waals surface area contributed by atoms with Crippen molar-refractivity contribution in [3.8, 4) is 5.75 Å². The van der Waals surface area contributed by atoms with Gasteiger partial charge in [0.15, 0.2) is 0 Å². The highest BCUT2D eigenvalue weighted by Gasteiger charge is 2.06. The van der Waals surface area contributed by atoms with E-state index in [0.29, 0.717) is 0 Å². The summed E-state index contributed by atoms with van der Waals surface area (Å²) < 4.78 is 1.96. The predicted molar refractivity (Wildman–Crippen MR) is 60.1 cm³/mol. The van der Waals surface area contributed by atoms with Crippen LogP contribution >= 0.6 is 0 Å². The number of aromatic nitrogens is 2. The molecule has 0 spiro atoms. The summed E-state index contributed by atoms with van der Waals surface area (Å²) >= 11 is 0. The molecule has 0 amide bonds. The molecule has 0 aliphatic carbocycles. The summed E-state index contributed by atoms with van der Waals surface area (Å²) in [6.45, 7) is 3.78. The Labute approximate surface area is 88.5 Å². The number of phenols is 1. The number of hydrogen-bond donors (Lipinski definition) is 2. The lowest BCUT2D eigenvalue weighted by Gasteiger charge is -2.02. The molecule has 80 valence electrons. The molecule has 1 aromatic carbocycles. The van der Waals surface area contributed by atoms with Crippen molar-refractivity contribution < 1.29 is 5.11 Å². The van der Waals surface area contributed by atoms with Crippen LogP contribution in [0, 0.1) is 6.92 Å². The Morgan fingerprint density at radius 1 is 1.47 bits per heavy atom. The average Bonchev–Trinajstić information content (AvgIpc) is 2.52. The number of nitrogens with zero attached hydrogens (tertiary/aromatic N) is 2. The van der Waals surface area contributed by atoms with Gasteiger partial charge in [0.1, 0.15) is 5.75 Å². The smallest absolute Gasteiger partial charge is 0.117 e. The number of fused-ring (bicyclic) bond motifs is 1. The van der Waals surface area contributed by atoms with Gasteiger partial charge in [0, 0.05) is 23.7 Å². The van der Waals surface area contributed by atoms with Crippen molar-refractivity contribution in [2.45, 2.75) is 13.5 Å². The Kier molecular flexibility index (Phi) is 2.60. The summed E-state index contributed by atoms with van der Waals surface area (Å²) in [5, 5.41) is 18.0. The minimum atomic E-state index is 0.265. The van der Waals surface area contributed by atoms with Gasteiger partial charge in [-0.3, -0.25) is 4.68 Å². The first-order chi connectivity index (χ1) is 7.22. The molecular formula is C11H15N3O. The van der Waals surface area contributed by atoms with Crippen molar-refractivity contribution in [2.75, 3.05) is 13.6 Å². The van der Waals surface area contributed by atoms with Crippen LogP contribution in [0.15, 0.2) is 18.2 Å². The molecule has 1 heterocycles. The first kappa shape index (κ1) is 9.98. The van der Waals surface area contributed by atoms with E-state index in [-0.39, 0.29) is 5.75 Å². The van der Waals surface area contributed by atoms with E-state index in [0.717, 1.165) is 29.7 Å². The van der Waals surface area contributed by atoms with Gasteiger partial charge in [0.25, 0.3) is 0 Å². The fraction of sp³-hybridized carbons (Fsp3) is 0.364. The lowest BCUT2D eigenvalue weighted by atomic mass is 10.2. The summed E-state index contributed by atoms with van der Waals surface area (Å²) in [5.74, 6) is 0.265. The molecule has 4 nitrogen and oxygen atoms in total. The minimum absolute atomic E-state index is 0.265. The second kappa shape index (κ2) is 3.90. The van der Waals surface area contributed by atoms with Crippen LogP contribution in [0.1, 0.15) is 5.69 Å². The number of nitrogens with one attached hydrogen (secondary N) is 1. The summed E-state index contributed by atoms with van der Waals surface area (Å²) in [5.41, 5.74) is 1.99. The number of phenolic OH excluding ortho intramolecular Hbond substituents is 1. The van der Waals surface area contributed by atoms with Gasteiger partial charge in [0.05, 0.1) is 12.1 Å². The van der Waals surface area contributed by atoms with Crippen LogP contribution in [-0.2, 0) is 6.54 Å². The van der Waals surface area contributed by atoms with Crippen molar-refractivity contribution in [1.29, 1.82) is 0 Å². The monoisotopic (exact) mass is 205 g/mol. The molecule has 2 rings (SSSR count). The maximum Gasteiger partial charge on any atom is 0.117 e. The molecule has 0 atom stereocenters. The molecule has 0 bridgehead atoms. The fourth-order valence-corrected chi connectivity index (χ4v) is 1.69. The van der Waals surface area contributed by atoms with Gasteiger partial charge in [-0.2, -0.15) is 5.10 Å². The van der Waals surface area contributed by atoms with E-state index < -0.39 is 0 Å². The van der Waals surface area contributed by atoms with Gasteiger partial charge in [-0.25, -0.2) is 0 Å². The van der Waals surface area contributed by atoms with Gasteiger partial charge >= 0.3 is 0 Å². The lowest BCUT2D eigenvalue weighted by molar-refractivity contribution is 0.476. The SMILES string of the molecule is CNCCn1nc2cc(O)ccc2c1C. The van der Waals surface area contributed by atoms with Gasteiger partial charge in [0.2, 0.25) is 0 Å². The van der Waals surface area contributed by atoms with Crippen LogP contribution in [0.5, 0.6) is 5.75 Å². The Balaban J connectivity index is 2.44. The number of benzene rings is 1. The molecule has 1 aromatic heterocycles. The molecule has 0 unspecified atom stereocenters. The van der Waals surface area contributed by atoms with E-state index >= 15 is 0 Å². The molecular weight excluding hydrogens is 190 g/mol. The Hall–Kier alpha value is -1.55. The summed E-state index contributed by atoms with van der Waals surface area (Å²) in [6, 6.07) is 5.29. The lowest BCUT2D eigenvalue weighted by Crippen LogP contribution is -2.16. The Morgan fingerprint density at radius 2 is 2.27 bits per heavy atom. The molecule has 2 aromatic rings. The summed E-state index contributed by atoms with van der Waals surface area (Å²) in [6.07, 6.45) is 0. The first-order valence-corrected chi connectivity index (χ1v) is 5.03. The summed E-state index contributed by atoms with van der Waals surface area (Å²) in [7, 11) is 1.92. The van der Waals surface area contributed by atoms with Crippen molar-refractivity contribution >= 4 is 10.9 Å². The van der Waals surface area contributed by atoms with E-state index in [2.05, 4.69) is 10.4 Å². The fourth-order valence-electron chi connectivity index (χ4n) is 1.69. The van der Waals surface area contributed by atoms with Crippen molar-refractivity contribution in [1.82, 2.24) is 15.1 Å². The Morgan fingerprint density at radius 3 is 3.00 bits per heavy atom. The number of rotatable bonds is 3. The van der Waals surface area contributed by atoms with Crippen LogP contribution in [0.2, 0.25) is 0 Å². The van der Waals surface area contributed by atoms with Crippen LogP contribution in [0.4, 0.5) is 0 Å². The molecule has 0 aliphatic rings. The van der Waals surface area contributed by atoms with Gasteiger partial charge in [-0.15, -0.1) is 0 Å². The minimum Gasteiger partial charge on any atom is -0.508 e. The quantitative estimate of drug-likeness (QED) is 0.793. The second-order valence-electron chi connectivity index (χ2n) is 3.61. The van der Waals surface area contributed by atoms with E-state index in [4.69, 9.17) is 0 Å². The van der Waals surface area contributed by atoms with Gasteiger partial charge < -0.3 is 10.4 Å². The predicted octanol–water partition coefficient (Wildman–Crippen LogP) is 1.27. The van der Waals surface area contributed by atoms with Crippen LogP contribution < -0.4 is 5.32 Å². The van der Waals surface area contributed by atoms with Gasteiger partial charge in [-0.05, 0) is 26.1 Å². The topological polar surface area (TPSA) is 50.1 Å². The molecule has 0 saturated heterocycles. The number of aryl methyl sites for hydroxylation is 1. The summed E-state index contributed by atoms with van der Waals surface area (Å²) in [4.78, 5) is 0. The molecule has 0 radical (unpaired) electrons. The average molecular weight is 205 g/mol. The normalized spacial score (nSPS) is 11.1. The van der Waals surface area contributed by atoms with E-state index in [1.54, 1.807) is 12.1 Å². The van der Waals surface area contributed by atoms with E-state index in [1.165, 1.54) is 0 Å². The van der Waals surface area contributed by atoms with Crippen LogP contribution in [0.25, 0.3) is 10.9 Å². The third-order valence-electron chi connectivity index (χ3n) is 2.56. The van der Waals surface area contributed by atoms with Crippen LogP contribution in [0.3, 0.4) is 0 Å². The Bertz CT molecular complexity index is 476. The van der Waals surface area contributed by atoms with Crippen molar-refractivity contribution in [3.05, 3.63) is 23.9 Å². The standard InChI is InChI=1S/C11H15N3O/c1-8-10-4-3-9(15)7-11(10)13-14(8)6-5-12-2/h3-4,7,12,15H,5-6H2,1-2H3. The van der Waals surface area contributed by atoms with Crippen molar-refractivity contribution in [2.24, 2.45) is 0 Å². The molecule has 0 saturated carbocycles. The third kappa shape index (κ3) is 1.80. The molecule has 0 aliphatic heterocycles. The number of hydrogen-bond acceptors (Lipinski definition) is 3. The zero-order valence-corrected chi connectivity index (χ0v) is 8.99. The zero-order valence-electron chi connectivity index (χ0n) is 8.99. The highest BCUT2D eigenvalue weighted by atomic mass is 16.3. The zero-order chi connectivity index (χ0) is 10.8. The van der Waals surface area contributed by atoms with Crippen LogP contribution in [-0.4, -0.2) is 28.5 Å². The highest BCUT2D eigenvalue weighted by Crippen LogP contribution is 2.21. The largest absolute Gasteiger partial charge is 0.508 e. The first-order valence-electron chi connectivity index (χ1n) is 5.03. The van der Waals surface area contributed by atoms with E-state index in [1.807, 2.05) is 24.7 Å². The molecule has 4 heteroatoms. The van der Waals surface area contributed by atoms with E-state index in [9.17, 15) is 5.11 Å². The maximum absolute atomic E-state index is 9.34. The number of aromatic hydroxyl groups is 1. The number of likely N-dealkylation sites (N-methyl/N-ethyl adjacent to an activating group) is 1. The second-order valence-corrected chi connectivity index (χ2v) is 3.61. The third-order valence-corrected chi connectivity index (χ3v) is 2.56.